The standard InChI is InChI=1S/C28H23N3O4S/c1-33-26-17-20(12-13-25(26)35-15-14-34-23-10-6-3-7-11-23)16-22(18-29)27(32)31-28-30-24(19-36-28)21-8-4-2-5-9-21/h2-13,16-17,19H,14-15H2,1H3,(H,30,31,32). The van der Waals surface area contributed by atoms with Gasteiger partial charge in [-0.2, -0.15) is 5.26 Å². The number of hydrogen-bond acceptors (Lipinski definition) is 7. The summed E-state index contributed by atoms with van der Waals surface area (Å²) in [7, 11) is 1.53. The smallest absolute Gasteiger partial charge is 0.268 e. The molecule has 0 aliphatic rings. The Balaban J connectivity index is 1.39. The maximum absolute atomic E-state index is 12.7. The lowest BCUT2D eigenvalue weighted by Gasteiger charge is -2.12. The molecule has 0 saturated carbocycles. The number of rotatable bonds is 10. The third-order valence-corrected chi connectivity index (χ3v) is 5.77. The Morgan fingerprint density at radius 2 is 1.72 bits per heavy atom. The van der Waals surface area contributed by atoms with Crippen LogP contribution in [0, 0.1) is 11.3 Å². The van der Waals surface area contributed by atoms with Crippen LogP contribution in [0.2, 0.25) is 0 Å². The van der Waals surface area contributed by atoms with Gasteiger partial charge in [0, 0.05) is 10.9 Å². The summed E-state index contributed by atoms with van der Waals surface area (Å²) in [6, 6.07) is 26.3. The number of nitrogens with zero attached hydrogens (tertiary/aromatic N) is 2. The van der Waals surface area contributed by atoms with E-state index in [0.717, 1.165) is 17.0 Å². The van der Waals surface area contributed by atoms with Crippen molar-refractivity contribution in [2.45, 2.75) is 0 Å². The summed E-state index contributed by atoms with van der Waals surface area (Å²) in [5.41, 5.74) is 2.27. The molecule has 180 valence electrons. The molecule has 1 amide bonds. The summed E-state index contributed by atoms with van der Waals surface area (Å²) in [6.07, 6.45) is 1.49. The number of nitriles is 1. The van der Waals surface area contributed by atoms with Crippen molar-refractivity contribution in [3.8, 4) is 34.6 Å². The topological polar surface area (TPSA) is 93.5 Å². The number of aromatic nitrogens is 1. The van der Waals surface area contributed by atoms with Crippen LogP contribution in [-0.2, 0) is 4.79 Å². The van der Waals surface area contributed by atoms with E-state index in [1.54, 1.807) is 18.2 Å². The molecule has 1 heterocycles. The quantitative estimate of drug-likeness (QED) is 0.169. The van der Waals surface area contributed by atoms with Crippen LogP contribution in [0.25, 0.3) is 17.3 Å². The Hall–Kier alpha value is -4.61. The summed E-state index contributed by atoms with van der Waals surface area (Å²) >= 11 is 1.30. The molecule has 8 heteroatoms. The van der Waals surface area contributed by atoms with Crippen LogP contribution in [-0.4, -0.2) is 31.2 Å². The van der Waals surface area contributed by atoms with E-state index in [4.69, 9.17) is 14.2 Å². The van der Waals surface area contributed by atoms with E-state index in [9.17, 15) is 10.1 Å². The van der Waals surface area contributed by atoms with Gasteiger partial charge in [0.1, 0.15) is 30.6 Å². The molecular weight excluding hydrogens is 474 g/mol. The van der Waals surface area contributed by atoms with Gasteiger partial charge in [-0.3, -0.25) is 10.1 Å². The number of anilines is 1. The van der Waals surface area contributed by atoms with Gasteiger partial charge in [0.25, 0.3) is 5.91 Å². The number of carbonyl (C=O) groups excluding carboxylic acids is 1. The maximum atomic E-state index is 12.7. The van der Waals surface area contributed by atoms with Crippen LogP contribution in [0.15, 0.2) is 89.8 Å². The second-order valence-corrected chi connectivity index (χ2v) is 8.31. The van der Waals surface area contributed by atoms with Crippen LogP contribution < -0.4 is 19.5 Å². The fourth-order valence-corrected chi connectivity index (χ4v) is 3.99. The highest BCUT2D eigenvalue weighted by atomic mass is 32.1. The van der Waals surface area contributed by atoms with E-state index in [1.165, 1.54) is 24.5 Å². The minimum Gasteiger partial charge on any atom is -0.493 e. The predicted molar refractivity (Wildman–Crippen MR) is 140 cm³/mol. The van der Waals surface area contributed by atoms with Crippen molar-refractivity contribution in [3.05, 3.63) is 95.4 Å². The maximum Gasteiger partial charge on any atom is 0.268 e. The molecule has 0 spiro atoms. The average molecular weight is 498 g/mol. The lowest BCUT2D eigenvalue weighted by molar-refractivity contribution is -0.112. The molecule has 0 saturated heterocycles. The van der Waals surface area contributed by atoms with Gasteiger partial charge in [-0.1, -0.05) is 54.6 Å². The normalized spacial score (nSPS) is 10.8. The number of carbonyl (C=O) groups is 1. The van der Waals surface area contributed by atoms with Crippen molar-refractivity contribution in [2.75, 3.05) is 25.6 Å². The number of nitrogens with one attached hydrogen (secondary N) is 1. The van der Waals surface area contributed by atoms with Crippen molar-refractivity contribution < 1.29 is 19.0 Å². The molecule has 1 N–H and O–H groups in total. The van der Waals surface area contributed by atoms with Gasteiger partial charge < -0.3 is 14.2 Å². The monoisotopic (exact) mass is 497 g/mol. The number of hydrogen-bond donors (Lipinski definition) is 1. The molecule has 7 nitrogen and oxygen atoms in total. The fourth-order valence-electron chi connectivity index (χ4n) is 3.27. The first-order valence-corrected chi connectivity index (χ1v) is 12.0. The van der Waals surface area contributed by atoms with Crippen LogP contribution >= 0.6 is 11.3 Å². The zero-order valence-electron chi connectivity index (χ0n) is 19.5. The van der Waals surface area contributed by atoms with E-state index < -0.39 is 5.91 Å². The zero-order chi connectivity index (χ0) is 25.2. The lowest BCUT2D eigenvalue weighted by Crippen LogP contribution is -2.13. The minimum absolute atomic E-state index is 0.0570. The summed E-state index contributed by atoms with van der Waals surface area (Å²) in [5.74, 6) is 1.24. The van der Waals surface area contributed by atoms with Crippen molar-refractivity contribution in [1.82, 2.24) is 4.98 Å². The number of amides is 1. The Kier molecular flexibility index (Phi) is 8.31. The van der Waals surface area contributed by atoms with E-state index in [0.29, 0.717) is 35.4 Å². The highest BCUT2D eigenvalue weighted by Crippen LogP contribution is 2.29. The first-order valence-electron chi connectivity index (χ1n) is 11.1. The molecule has 4 aromatic rings. The third-order valence-electron chi connectivity index (χ3n) is 5.01. The number of methoxy groups -OCH3 is 1. The van der Waals surface area contributed by atoms with Gasteiger partial charge in [0.15, 0.2) is 16.6 Å². The largest absolute Gasteiger partial charge is 0.493 e. The number of benzene rings is 3. The van der Waals surface area contributed by atoms with Crippen LogP contribution in [0.4, 0.5) is 5.13 Å². The minimum atomic E-state index is -0.538. The van der Waals surface area contributed by atoms with Crippen molar-refractivity contribution >= 4 is 28.5 Å². The summed E-state index contributed by atoms with van der Waals surface area (Å²) in [4.78, 5) is 17.1. The molecule has 36 heavy (non-hydrogen) atoms. The highest BCUT2D eigenvalue weighted by Gasteiger charge is 2.14. The first kappa shape index (κ1) is 24.5. The summed E-state index contributed by atoms with van der Waals surface area (Å²) in [6.45, 7) is 0.696. The molecule has 0 atom stereocenters. The molecule has 0 unspecified atom stereocenters. The Labute approximate surface area is 213 Å². The van der Waals surface area contributed by atoms with Gasteiger partial charge in [0.05, 0.1) is 12.8 Å². The molecule has 3 aromatic carbocycles. The fraction of sp³-hybridized carbons (Fsp3) is 0.107. The molecule has 4 rings (SSSR count). The average Bonchev–Trinajstić information content (AvgIpc) is 3.39. The Morgan fingerprint density at radius 3 is 2.44 bits per heavy atom. The first-order chi connectivity index (χ1) is 17.7. The highest BCUT2D eigenvalue weighted by molar-refractivity contribution is 7.14. The molecule has 0 radical (unpaired) electrons. The van der Waals surface area contributed by atoms with Crippen molar-refractivity contribution in [1.29, 1.82) is 5.26 Å². The predicted octanol–water partition coefficient (Wildman–Crippen LogP) is 5.82. The van der Waals surface area contributed by atoms with E-state index >= 15 is 0 Å². The van der Waals surface area contributed by atoms with Crippen LogP contribution in [0.3, 0.4) is 0 Å². The molecule has 0 aliphatic carbocycles. The zero-order valence-corrected chi connectivity index (χ0v) is 20.3. The second-order valence-electron chi connectivity index (χ2n) is 7.45. The molecular formula is C28H23N3O4S. The molecule has 0 fully saturated rings. The SMILES string of the molecule is COc1cc(C=C(C#N)C(=O)Nc2nc(-c3ccccc3)cs2)ccc1OCCOc1ccccc1. The molecule has 1 aromatic heterocycles. The Morgan fingerprint density at radius 1 is 1.00 bits per heavy atom. The van der Waals surface area contributed by atoms with Gasteiger partial charge in [0.2, 0.25) is 0 Å². The van der Waals surface area contributed by atoms with Gasteiger partial charge in [-0.25, -0.2) is 4.98 Å². The number of thiazole rings is 1. The number of para-hydroxylation sites is 1. The number of ether oxygens (including phenoxy) is 3. The Bertz CT molecular complexity index is 1380. The second kappa shape index (κ2) is 12.2. The molecule has 0 aliphatic heterocycles. The van der Waals surface area contributed by atoms with E-state index in [1.807, 2.05) is 72.1 Å². The van der Waals surface area contributed by atoms with Crippen LogP contribution in [0.1, 0.15) is 5.56 Å². The summed E-state index contributed by atoms with van der Waals surface area (Å²) < 4.78 is 16.8. The lowest BCUT2D eigenvalue weighted by atomic mass is 10.1. The van der Waals surface area contributed by atoms with Crippen LogP contribution in [0.5, 0.6) is 17.2 Å². The summed E-state index contributed by atoms with van der Waals surface area (Å²) in [5, 5.41) is 14.5. The van der Waals surface area contributed by atoms with Crippen molar-refractivity contribution in [2.24, 2.45) is 0 Å². The van der Waals surface area contributed by atoms with E-state index in [-0.39, 0.29) is 5.57 Å². The third kappa shape index (κ3) is 6.50. The van der Waals surface area contributed by atoms with Gasteiger partial charge in [-0.15, -0.1) is 11.3 Å². The van der Waals surface area contributed by atoms with E-state index in [2.05, 4.69) is 10.3 Å². The van der Waals surface area contributed by atoms with Gasteiger partial charge in [-0.05, 0) is 35.9 Å². The van der Waals surface area contributed by atoms with Crippen molar-refractivity contribution in [3.63, 3.8) is 0 Å². The molecule has 0 bridgehead atoms. The van der Waals surface area contributed by atoms with Gasteiger partial charge >= 0.3 is 0 Å².